The Labute approximate surface area is 178 Å². The number of alkyl halides is 4. The van der Waals surface area contributed by atoms with Gasteiger partial charge in [0.2, 0.25) is 5.88 Å². The third-order valence-electron chi connectivity index (χ3n) is 5.09. The Morgan fingerprint density at radius 2 is 1.94 bits per heavy atom. The molecule has 1 aliphatic heterocycles. The molecule has 0 bridgehead atoms. The van der Waals surface area contributed by atoms with Crippen LogP contribution in [0.25, 0.3) is 0 Å². The molecule has 0 aliphatic carbocycles. The first kappa shape index (κ1) is 22.8. The van der Waals surface area contributed by atoms with E-state index in [-0.39, 0.29) is 24.3 Å². The van der Waals surface area contributed by atoms with Crippen molar-refractivity contribution in [2.75, 3.05) is 24.6 Å². The fourth-order valence-electron chi connectivity index (χ4n) is 3.46. The molecule has 1 aromatic carbocycles. The molecule has 5 nitrogen and oxygen atoms in total. The van der Waals surface area contributed by atoms with Crippen LogP contribution in [0.5, 0.6) is 11.6 Å². The number of ether oxygens (including phenoxy) is 2. The summed E-state index contributed by atoms with van der Waals surface area (Å²) < 4.78 is 60.5. The molecule has 1 fully saturated rings. The first-order chi connectivity index (χ1) is 14.8. The molecular weight excluding hydrogens is 416 g/mol. The normalized spacial score (nSPS) is 17.3. The number of benzene rings is 1. The summed E-state index contributed by atoms with van der Waals surface area (Å²) in [6.45, 7) is 2.37. The van der Waals surface area contributed by atoms with Gasteiger partial charge in [-0.25, -0.2) is 22.5 Å². The summed E-state index contributed by atoms with van der Waals surface area (Å²) in [5.74, 6) is -0.556. The molecule has 1 aromatic heterocycles. The number of carbonyl (C=O) groups excluding carboxylic acids is 1. The fourth-order valence-corrected chi connectivity index (χ4v) is 3.46. The number of anilines is 1. The lowest BCUT2D eigenvalue weighted by Gasteiger charge is -2.20. The highest BCUT2D eigenvalue weighted by molar-refractivity contribution is 5.82. The predicted molar refractivity (Wildman–Crippen MR) is 107 cm³/mol. The molecule has 9 heteroatoms. The van der Waals surface area contributed by atoms with Crippen LogP contribution in [-0.4, -0.2) is 49.4 Å². The van der Waals surface area contributed by atoms with E-state index in [1.165, 1.54) is 6.20 Å². The second-order valence-corrected chi connectivity index (χ2v) is 7.47. The maximum absolute atomic E-state index is 12.4. The van der Waals surface area contributed by atoms with Crippen LogP contribution >= 0.6 is 0 Å². The molecule has 2 heterocycles. The van der Waals surface area contributed by atoms with Crippen LogP contribution in [0.2, 0.25) is 0 Å². The summed E-state index contributed by atoms with van der Waals surface area (Å²) in [7, 11) is 0. The number of carbonyl (C=O) groups is 1. The van der Waals surface area contributed by atoms with Crippen molar-refractivity contribution in [3.8, 4) is 11.6 Å². The third kappa shape index (κ3) is 6.57. The summed E-state index contributed by atoms with van der Waals surface area (Å²) in [4.78, 5) is 17.2. The van der Waals surface area contributed by atoms with E-state index in [0.29, 0.717) is 12.3 Å². The topological polar surface area (TPSA) is 51.7 Å². The van der Waals surface area contributed by atoms with Gasteiger partial charge in [0, 0.05) is 37.3 Å². The summed E-state index contributed by atoms with van der Waals surface area (Å²) in [6, 6.07) is 10.5. The van der Waals surface area contributed by atoms with Crippen molar-refractivity contribution < 1.29 is 31.8 Å². The number of hydrogen-bond acceptors (Lipinski definition) is 5. The first-order valence-electron chi connectivity index (χ1n) is 10.0. The van der Waals surface area contributed by atoms with E-state index < -0.39 is 25.2 Å². The molecule has 168 valence electrons. The number of ketones is 1. The van der Waals surface area contributed by atoms with Crippen LogP contribution in [0.15, 0.2) is 42.6 Å². The van der Waals surface area contributed by atoms with E-state index in [1.54, 1.807) is 43.3 Å². The largest absolute Gasteiger partial charge is 0.489 e. The van der Waals surface area contributed by atoms with Crippen molar-refractivity contribution in [3.05, 3.63) is 48.2 Å². The van der Waals surface area contributed by atoms with Crippen LogP contribution < -0.4 is 14.4 Å². The lowest BCUT2D eigenvalue weighted by atomic mass is 9.96. The van der Waals surface area contributed by atoms with Gasteiger partial charge in [0.25, 0.3) is 12.9 Å². The molecule has 3 rings (SSSR count). The van der Waals surface area contributed by atoms with E-state index in [4.69, 9.17) is 9.47 Å². The van der Waals surface area contributed by atoms with Gasteiger partial charge >= 0.3 is 0 Å². The standard InChI is InChI=1S/C22H24F4N2O3/c1-14(10-19(29)22(25)26)15-2-4-17(5-3-15)31-18-7-9-28(12-18)16-6-8-27-21(11-16)30-13-20(23)24/h2-6,8,11,14,18,20,22H,7,9-10,12-13H2,1H3/t14-,18?/m1/s1. The number of pyridine rings is 1. The maximum Gasteiger partial charge on any atom is 0.296 e. The predicted octanol–water partition coefficient (Wildman–Crippen LogP) is 4.71. The Morgan fingerprint density at radius 3 is 2.61 bits per heavy atom. The highest BCUT2D eigenvalue weighted by Gasteiger charge is 2.25. The zero-order chi connectivity index (χ0) is 22.4. The molecule has 1 saturated heterocycles. The van der Waals surface area contributed by atoms with Gasteiger partial charge in [0.1, 0.15) is 11.9 Å². The number of halogens is 4. The van der Waals surface area contributed by atoms with Crippen molar-refractivity contribution in [2.24, 2.45) is 0 Å². The summed E-state index contributed by atoms with van der Waals surface area (Å²) in [5.41, 5.74) is 1.61. The summed E-state index contributed by atoms with van der Waals surface area (Å²) in [6.07, 6.45) is -3.48. The molecule has 2 aromatic rings. The van der Waals surface area contributed by atoms with Crippen molar-refractivity contribution in [3.63, 3.8) is 0 Å². The minimum atomic E-state index is -2.94. The molecular formula is C22H24F4N2O3. The van der Waals surface area contributed by atoms with E-state index in [9.17, 15) is 22.4 Å². The molecule has 1 unspecified atom stereocenters. The summed E-state index contributed by atoms with van der Waals surface area (Å²) >= 11 is 0. The number of Topliss-reactive ketones (excluding diaryl/α,β-unsaturated/α-hetero) is 1. The van der Waals surface area contributed by atoms with Crippen molar-refractivity contribution >= 4 is 11.5 Å². The van der Waals surface area contributed by atoms with E-state index in [0.717, 1.165) is 24.2 Å². The zero-order valence-electron chi connectivity index (χ0n) is 17.0. The number of rotatable bonds is 10. The molecule has 0 N–H and O–H groups in total. The molecule has 2 atom stereocenters. The smallest absolute Gasteiger partial charge is 0.296 e. The molecule has 31 heavy (non-hydrogen) atoms. The SMILES string of the molecule is C[C@H](CC(=O)C(F)F)c1ccc(OC2CCN(c3ccnc(OCC(F)F)c3)C2)cc1. The summed E-state index contributed by atoms with van der Waals surface area (Å²) in [5, 5.41) is 0. The van der Waals surface area contributed by atoms with Crippen molar-refractivity contribution in [1.82, 2.24) is 4.98 Å². The van der Waals surface area contributed by atoms with Crippen LogP contribution in [-0.2, 0) is 4.79 Å². The van der Waals surface area contributed by atoms with Gasteiger partial charge in [-0.2, -0.15) is 0 Å². The number of hydrogen-bond donors (Lipinski definition) is 0. The van der Waals surface area contributed by atoms with Crippen LogP contribution in [0.4, 0.5) is 23.2 Å². The minimum Gasteiger partial charge on any atom is -0.489 e. The second-order valence-electron chi connectivity index (χ2n) is 7.47. The number of nitrogens with zero attached hydrogens (tertiary/aromatic N) is 2. The average Bonchev–Trinajstić information content (AvgIpc) is 3.21. The van der Waals surface area contributed by atoms with Crippen molar-refractivity contribution in [1.29, 1.82) is 0 Å². The highest BCUT2D eigenvalue weighted by Crippen LogP contribution is 2.27. The van der Waals surface area contributed by atoms with Crippen LogP contribution in [0.1, 0.15) is 31.2 Å². The molecule has 0 saturated carbocycles. The maximum atomic E-state index is 12.4. The van der Waals surface area contributed by atoms with Gasteiger partial charge in [0.15, 0.2) is 12.4 Å². The van der Waals surface area contributed by atoms with Crippen LogP contribution in [0, 0.1) is 0 Å². The first-order valence-corrected chi connectivity index (χ1v) is 10.0. The molecule has 0 amide bonds. The quantitative estimate of drug-likeness (QED) is 0.501. The molecule has 0 radical (unpaired) electrons. The molecule has 1 aliphatic rings. The Bertz CT molecular complexity index is 864. The van der Waals surface area contributed by atoms with Crippen molar-refractivity contribution in [2.45, 2.75) is 44.6 Å². The lowest BCUT2D eigenvalue weighted by Crippen LogP contribution is -2.24. The van der Waals surface area contributed by atoms with Gasteiger partial charge in [0.05, 0.1) is 6.54 Å². The average molecular weight is 440 g/mol. The molecule has 0 spiro atoms. The Kier molecular flexibility index (Phi) is 7.70. The zero-order valence-corrected chi connectivity index (χ0v) is 17.0. The Balaban J connectivity index is 1.53. The minimum absolute atomic E-state index is 0.0673. The van der Waals surface area contributed by atoms with Gasteiger partial charge in [-0.1, -0.05) is 19.1 Å². The van der Waals surface area contributed by atoms with Crippen LogP contribution in [0.3, 0.4) is 0 Å². The fraction of sp³-hybridized carbons (Fsp3) is 0.455. The van der Waals surface area contributed by atoms with Gasteiger partial charge in [-0.15, -0.1) is 0 Å². The van der Waals surface area contributed by atoms with Gasteiger partial charge in [-0.3, -0.25) is 4.79 Å². The Hall–Kier alpha value is -2.84. The third-order valence-corrected chi connectivity index (χ3v) is 5.09. The second kappa shape index (κ2) is 10.5. The van der Waals surface area contributed by atoms with E-state index >= 15 is 0 Å². The van der Waals surface area contributed by atoms with E-state index in [1.807, 2.05) is 0 Å². The van der Waals surface area contributed by atoms with E-state index in [2.05, 4.69) is 9.88 Å². The monoisotopic (exact) mass is 440 g/mol. The number of aromatic nitrogens is 1. The van der Waals surface area contributed by atoms with Gasteiger partial charge < -0.3 is 14.4 Å². The Morgan fingerprint density at radius 1 is 1.19 bits per heavy atom. The highest BCUT2D eigenvalue weighted by atomic mass is 19.3. The lowest BCUT2D eigenvalue weighted by molar-refractivity contribution is -0.129. The van der Waals surface area contributed by atoms with Gasteiger partial charge in [-0.05, 0) is 29.7 Å².